The van der Waals surface area contributed by atoms with Gasteiger partial charge < -0.3 is 19.5 Å². The number of nitrogens with zero attached hydrogens (tertiary/aromatic N) is 2. The highest BCUT2D eigenvalue weighted by Gasteiger charge is 2.29. The summed E-state index contributed by atoms with van der Waals surface area (Å²) in [7, 11) is 0. The van der Waals surface area contributed by atoms with Crippen LogP contribution in [0.15, 0.2) is 18.2 Å². The molecule has 2 saturated heterocycles. The number of piperidine rings is 1. The lowest BCUT2D eigenvalue weighted by Gasteiger charge is -2.39. The summed E-state index contributed by atoms with van der Waals surface area (Å²) in [4.78, 5) is 15.4. The third kappa shape index (κ3) is 5.47. The van der Waals surface area contributed by atoms with Crippen molar-refractivity contribution < 1.29 is 19.4 Å². The Hall–Kier alpha value is -1.05. The number of halogens is 2. The zero-order chi connectivity index (χ0) is 18.5. The van der Waals surface area contributed by atoms with Crippen LogP contribution >= 0.6 is 23.2 Å². The number of likely N-dealkylation sites (tertiary alicyclic amines) is 1. The molecule has 6 nitrogen and oxygen atoms in total. The van der Waals surface area contributed by atoms with E-state index in [9.17, 15) is 4.79 Å². The van der Waals surface area contributed by atoms with Crippen molar-refractivity contribution in [1.29, 1.82) is 0 Å². The molecule has 1 atom stereocenters. The van der Waals surface area contributed by atoms with Crippen molar-refractivity contribution in [1.82, 2.24) is 9.80 Å². The summed E-state index contributed by atoms with van der Waals surface area (Å²) in [6.07, 6.45) is 2.00. The Labute approximate surface area is 163 Å². The highest BCUT2D eigenvalue weighted by molar-refractivity contribution is 6.42. The molecule has 3 rings (SSSR count). The lowest BCUT2D eigenvalue weighted by atomic mass is 10.1. The highest BCUT2D eigenvalue weighted by atomic mass is 35.5. The molecule has 0 spiro atoms. The van der Waals surface area contributed by atoms with Crippen LogP contribution in [0, 0.1) is 0 Å². The largest absolute Gasteiger partial charge is 0.490 e. The maximum atomic E-state index is 11.0. The van der Waals surface area contributed by atoms with Crippen molar-refractivity contribution in [2.45, 2.75) is 25.0 Å². The molecule has 1 unspecified atom stereocenters. The van der Waals surface area contributed by atoms with Crippen LogP contribution in [-0.4, -0.2) is 79.0 Å². The predicted octanol–water partition coefficient (Wildman–Crippen LogP) is 2.62. The van der Waals surface area contributed by atoms with Crippen LogP contribution in [0.25, 0.3) is 0 Å². The van der Waals surface area contributed by atoms with E-state index in [0.29, 0.717) is 29.8 Å². The number of benzene rings is 1. The molecule has 0 bridgehead atoms. The second-order valence-corrected chi connectivity index (χ2v) is 7.60. The first-order valence-corrected chi connectivity index (χ1v) is 9.64. The molecule has 1 aromatic rings. The predicted molar refractivity (Wildman–Crippen MR) is 100 cm³/mol. The second kappa shape index (κ2) is 9.24. The third-order valence-corrected chi connectivity index (χ3v) is 5.62. The highest BCUT2D eigenvalue weighted by Crippen LogP contribution is 2.28. The fraction of sp³-hybridized carbons (Fsp3) is 0.611. The number of hydrogen-bond acceptors (Lipinski definition) is 5. The van der Waals surface area contributed by atoms with Crippen molar-refractivity contribution in [2.75, 3.05) is 45.9 Å². The Kier molecular flexibility index (Phi) is 7.00. The van der Waals surface area contributed by atoms with E-state index in [1.807, 2.05) is 11.0 Å². The molecule has 144 valence electrons. The lowest BCUT2D eigenvalue weighted by molar-refractivity contribution is -0.141. The zero-order valence-corrected chi connectivity index (χ0v) is 16.1. The Morgan fingerprint density at radius 2 is 2.00 bits per heavy atom. The van der Waals surface area contributed by atoms with Crippen molar-refractivity contribution in [2.24, 2.45) is 0 Å². The average Bonchev–Trinajstić information content (AvgIpc) is 2.61. The molecule has 1 aromatic carbocycles. The van der Waals surface area contributed by atoms with Crippen LogP contribution in [0.1, 0.15) is 12.8 Å². The minimum atomic E-state index is -0.786. The summed E-state index contributed by atoms with van der Waals surface area (Å²) >= 11 is 12.0. The van der Waals surface area contributed by atoms with Crippen LogP contribution < -0.4 is 4.74 Å². The Balaban J connectivity index is 1.47. The van der Waals surface area contributed by atoms with E-state index in [1.165, 1.54) is 0 Å². The van der Waals surface area contributed by atoms with E-state index in [2.05, 4.69) is 4.90 Å². The van der Waals surface area contributed by atoms with Gasteiger partial charge in [-0.2, -0.15) is 0 Å². The quantitative estimate of drug-likeness (QED) is 0.788. The topological polar surface area (TPSA) is 62.2 Å². The number of ether oxygens (including phenoxy) is 2. The van der Waals surface area contributed by atoms with E-state index in [4.69, 9.17) is 37.8 Å². The van der Waals surface area contributed by atoms with Crippen molar-refractivity contribution in [3.63, 3.8) is 0 Å². The molecule has 26 heavy (non-hydrogen) atoms. The van der Waals surface area contributed by atoms with Crippen LogP contribution in [0.5, 0.6) is 5.75 Å². The molecule has 0 aliphatic carbocycles. The van der Waals surface area contributed by atoms with Gasteiger partial charge in [0.25, 0.3) is 0 Å². The van der Waals surface area contributed by atoms with Gasteiger partial charge in [0.2, 0.25) is 0 Å². The number of morpholine rings is 1. The van der Waals surface area contributed by atoms with Crippen molar-refractivity contribution in [3.8, 4) is 5.75 Å². The van der Waals surface area contributed by atoms with Crippen LogP contribution in [0.4, 0.5) is 0 Å². The van der Waals surface area contributed by atoms with Gasteiger partial charge in [0, 0.05) is 38.3 Å². The smallest absolute Gasteiger partial charge is 0.317 e. The van der Waals surface area contributed by atoms with Gasteiger partial charge >= 0.3 is 5.97 Å². The van der Waals surface area contributed by atoms with Gasteiger partial charge in [0.05, 0.1) is 29.8 Å². The lowest BCUT2D eigenvalue weighted by Crippen LogP contribution is -2.54. The molecular formula is C18H24Cl2N2O4. The molecule has 0 saturated carbocycles. The maximum Gasteiger partial charge on any atom is 0.317 e. The number of hydrogen-bond donors (Lipinski definition) is 1. The van der Waals surface area contributed by atoms with Gasteiger partial charge in [-0.3, -0.25) is 9.69 Å². The summed E-state index contributed by atoms with van der Waals surface area (Å²) in [6, 6.07) is 5.46. The first-order chi connectivity index (χ1) is 12.5. The SMILES string of the molecule is O=C(O)CN1CCOCC1CN1CCC(Oc2ccc(Cl)c(Cl)c2)CC1. The van der Waals surface area contributed by atoms with E-state index in [0.717, 1.165) is 38.2 Å². The van der Waals surface area contributed by atoms with Gasteiger partial charge in [0.1, 0.15) is 11.9 Å². The normalized spacial score (nSPS) is 23.1. The van der Waals surface area contributed by atoms with Gasteiger partial charge in [0.15, 0.2) is 0 Å². The van der Waals surface area contributed by atoms with Crippen LogP contribution in [0.2, 0.25) is 10.0 Å². The fourth-order valence-corrected chi connectivity index (χ4v) is 3.78. The summed E-state index contributed by atoms with van der Waals surface area (Å²) < 4.78 is 11.6. The first-order valence-electron chi connectivity index (χ1n) is 8.89. The molecule has 0 amide bonds. The number of carboxylic acid groups (broad SMARTS) is 1. The zero-order valence-electron chi connectivity index (χ0n) is 14.6. The molecule has 1 N–H and O–H groups in total. The standard InChI is InChI=1S/C18H24Cl2N2O4/c19-16-2-1-15(9-17(16)20)26-14-3-5-21(6-4-14)10-13-12-25-8-7-22(13)11-18(23)24/h1-2,9,13-14H,3-8,10-12H2,(H,23,24). The van der Waals surface area contributed by atoms with E-state index in [-0.39, 0.29) is 18.7 Å². The summed E-state index contributed by atoms with van der Waals surface area (Å²) in [5.41, 5.74) is 0. The molecule has 0 aromatic heterocycles. The average molecular weight is 403 g/mol. The minimum absolute atomic E-state index is 0.0743. The van der Waals surface area contributed by atoms with Gasteiger partial charge in [-0.25, -0.2) is 0 Å². The molecule has 0 radical (unpaired) electrons. The number of carbonyl (C=O) groups is 1. The number of aliphatic carboxylic acids is 1. The first kappa shape index (κ1) is 19.7. The number of rotatable bonds is 6. The van der Waals surface area contributed by atoms with Crippen molar-refractivity contribution in [3.05, 3.63) is 28.2 Å². The van der Waals surface area contributed by atoms with Gasteiger partial charge in [-0.15, -0.1) is 0 Å². The van der Waals surface area contributed by atoms with Gasteiger partial charge in [-0.1, -0.05) is 23.2 Å². The molecule has 8 heteroatoms. The van der Waals surface area contributed by atoms with Gasteiger partial charge in [-0.05, 0) is 25.0 Å². The van der Waals surface area contributed by atoms with E-state index in [1.54, 1.807) is 12.1 Å². The Morgan fingerprint density at radius 3 is 2.69 bits per heavy atom. The van der Waals surface area contributed by atoms with Crippen LogP contribution in [-0.2, 0) is 9.53 Å². The molecular weight excluding hydrogens is 379 g/mol. The maximum absolute atomic E-state index is 11.0. The van der Waals surface area contributed by atoms with Crippen molar-refractivity contribution >= 4 is 29.2 Å². The van der Waals surface area contributed by atoms with Crippen LogP contribution in [0.3, 0.4) is 0 Å². The summed E-state index contributed by atoms with van der Waals surface area (Å²) in [5.74, 6) is -0.0446. The summed E-state index contributed by atoms with van der Waals surface area (Å²) in [5, 5.41) is 10.1. The van der Waals surface area contributed by atoms with E-state index < -0.39 is 5.97 Å². The monoisotopic (exact) mass is 402 g/mol. The molecule has 2 aliphatic rings. The minimum Gasteiger partial charge on any atom is -0.490 e. The fourth-order valence-electron chi connectivity index (χ4n) is 3.49. The number of carboxylic acids is 1. The molecule has 2 fully saturated rings. The third-order valence-electron chi connectivity index (χ3n) is 4.89. The molecule has 2 aliphatic heterocycles. The van der Waals surface area contributed by atoms with E-state index >= 15 is 0 Å². The molecule has 2 heterocycles. The Bertz CT molecular complexity index is 623. The Morgan fingerprint density at radius 1 is 1.23 bits per heavy atom. The summed E-state index contributed by atoms with van der Waals surface area (Å²) in [6.45, 7) is 4.61. The second-order valence-electron chi connectivity index (χ2n) is 6.79.